The van der Waals surface area contributed by atoms with E-state index >= 15 is 0 Å². The lowest BCUT2D eigenvalue weighted by Crippen LogP contribution is -2.45. The smallest absolute Gasteiger partial charge is 0.303 e. The van der Waals surface area contributed by atoms with Crippen LogP contribution in [0.2, 0.25) is 0 Å². The third kappa shape index (κ3) is 4.78. The van der Waals surface area contributed by atoms with E-state index in [4.69, 9.17) is 10.8 Å². The Bertz CT molecular complexity index is 336. The average molecular weight is 284 g/mol. The van der Waals surface area contributed by atoms with Gasteiger partial charge in [-0.15, -0.1) is 0 Å². The first-order chi connectivity index (χ1) is 9.40. The number of hydrogen-bond donors (Lipinski definition) is 3. The van der Waals surface area contributed by atoms with Crippen molar-refractivity contribution in [3.63, 3.8) is 0 Å². The molecular formula is C15H28N2O3. The summed E-state index contributed by atoms with van der Waals surface area (Å²) in [5.74, 6) is -0.819. The molecule has 0 spiro atoms. The van der Waals surface area contributed by atoms with E-state index in [-0.39, 0.29) is 29.6 Å². The first-order valence-electron chi connectivity index (χ1n) is 7.60. The van der Waals surface area contributed by atoms with Crippen molar-refractivity contribution in [1.82, 2.24) is 5.32 Å². The van der Waals surface area contributed by atoms with Gasteiger partial charge in [0.15, 0.2) is 0 Å². The third-order valence-corrected chi connectivity index (χ3v) is 4.47. The minimum absolute atomic E-state index is 0.0437. The lowest BCUT2D eigenvalue weighted by Gasteiger charge is -2.36. The summed E-state index contributed by atoms with van der Waals surface area (Å²) >= 11 is 0. The monoisotopic (exact) mass is 284 g/mol. The Kier molecular flexibility index (Phi) is 6.46. The van der Waals surface area contributed by atoms with Gasteiger partial charge in [-0.1, -0.05) is 33.1 Å². The minimum atomic E-state index is -0.777. The van der Waals surface area contributed by atoms with E-state index in [1.807, 2.05) is 13.8 Å². The molecule has 5 nitrogen and oxygen atoms in total. The van der Waals surface area contributed by atoms with Crippen LogP contribution in [0, 0.1) is 17.3 Å². The van der Waals surface area contributed by atoms with Crippen LogP contribution in [0.1, 0.15) is 52.4 Å². The Morgan fingerprint density at radius 3 is 2.30 bits per heavy atom. The Hall–Kier alpha value is -1.10. The highest BCUT2D eigenvalue weighted by molar-refractivity contribution is 5.79. The number of carboxylic acids is 1. The van der Waals surface area contributed by atoms with Crippen LogP contribution >= 0.6 is 0 Å². The summed E-state index contributed by atoms with van der Waals surface area (Å²) in [4.78, 5) is 23.2. The molecule has 1 unspecified atom stereocenters. The second kappa shape index (κ2) is 7.62. The number of carbonyl (C=O) groups is 2. The van der Waals surface area contributed by atoms with Crippen LogP contribution in [-0.2, 0) is 9.59 Å². The maximum absolute atomic E-state index is 12.1. The van der Waals surface area contributed by atoms with Crippen molar-refractivity contribution in [2.24, 2.45) is 23.0 Å². The standard InChI is InChI=1S/C15H28N2O3/c1-11(2)12(9-16)14(20)17-10-15(8-13(18)19)6-4-3-5-7-15/h11-12H,3-10,16H2,1-2H3,(H,17,20)(H,18,19). The van der Waals surface area contributed by atoms with Gasteiger partial charge in [-0.25, -0.2) is 0 Å². The van der Waals surface area contributed by atoms with Gasteiger partial charge in [0.2, 0.25) is 5.91 Å². The molecule has 116 valence electrons. The predicted molar refractivity (Wildman–Crippen MR) is 78.2 cm³/mol. The van der Waals surface area contributed by atoms with E-state index in [0.29, 0.717) is 13.1 Å². The average Bonchev–Trinajstić information content (AvgIpc) is 2.37. The van der Waals surface area contributed by atoms with E-state index in [1.165, 1.54) is 0 Å². The zero-order chi connectivity index (χ0) is 15.2. The van der Waals surface area contributed by atoms with Crippen LogP contribution in [0.15, 0.2) is 0 Å². The van der Waals surface area contributed by atoms with Crippen LogP contribution in [0.3, 0.4) is 0 Å². The quantitative estimate of drug-likeness (QED) is 0.664. The molecule has 1 atom stereocenters. The lowest BCUT2D eigenvalue weighted by atomic mass is 9.71. The predicted octanol–water partition coefficient (Wildman–Crippen LogP) is 1.76. The van der Waals surface area contributed by atoms with E-state index in [1.54, 1.807) is 0 Å². The molecule has 0 aromatic carbocycles. The molecule has 5 heteroatoms. The minimum Gasteiger partial charge on any atom is -0.481 e. The molecule has 0 radical (unpaired) electrons. The molecule has 1 aliphatic carbocycles. The van der Waals surface area contributed by atoms with Crippen molar-refractivity contribution >= 4 is 11.9 Å². The Labute approximate surface area is 121 Å². The van der Waals surface area contributed by atoms with E-state index in [2.05, 4.69) is 5.32 Å². The molecule has 1 rings (SSSR count). The number of nitrogens with two attached hydrogens (primary N) is 1. The van der Waals surface area contributed by atoms with Crippen LogP contribution < -0.4 is 11.1 Å². The highest BCUT2D eigenvalue weighted by Gasteiger charge is 2.35. The zero-order valence-corrected chi connectivity index (χ0v) is 12.7. The fraction of sp³-hybridized carbons (Fsp3) is 0.867. The summed E-state index contributed by atoms with van der Waals surface area (Å²) in [6.45, 7) is 4.74. The first kappa shape index (κ1) is 17.0. The molecule has 0 aromatic heterocycles. The third-order valence-electron chi connectivity index (χ3n) is 4.47. The highest BCUT2D eigenvalue weighted by atomic mass is 16.4. The number of aliphatic carboxylic acids is 1. The van der Waals surface area contributed by atoms with Gasteiger partial charge in [0.05, 0.1) is 12.3 Å². The molecule has 0 bridgehead atoms. The molecule has 1 aliphatic rings. The van der Waals surface area contributed by atoms with Crippen molar-refractivity contribution in [2.45, 2.75) is 52.4 Å². The Balaban J connectivity index is 2.62. The summed E-state index contributed by atoms with van der Waals surface area (Å²) in [6.07, 6.45) is 5.17. The fourth-order valence-electron chi connectivity index (χ4n) is 3.13. The lowest BCUT2D eigenvalue weighted by molar-refractivity contribution is -0.141. The Morgan fingerprint density at radius 2 is 1.85 bits per heavy atom. The summed E-state index contributed by atoms with van der Waals surface area (Å²) in [5.41, 5.74) is 5.37. The van der Waals surface area contributed by atoms with Crippen LogP contribution in [-0.4, -0.2) is 30.1 Å². The van der Waals surface area contributed by atoms with Gasteiger partial charge in [0, 0.05) is 13.1 Å². The summed E-state index contributed by atoms with van der Waals surface area (Å²) in [7, 11) is 0. The molecule has 1 fully saturated rings. The normalized spacial score (nSPS) is 19.6. The van der Waals surface area contributed by atoms with Crippen molar-refractivity contribution in [3.8, 4) is 0 Å². The number of carboxylic acid groups (broad SMARTS) is 1. The van der Waals surface area contributed by atoms with Crippen LogP contribution in [0.4, 0.5) is 0 Å². The van der Waals surface area contributed by atoms with Crippen molar-refractivity contribution in [3.05, 3.63) is 0 Å². The molecule has 0 aromatic rings. The second-order valence-electron chi connectivity index (χ2n) is 6.44. The first-order valence-corrected chi connectivity index (χ1v) is 7.60. The zero-order valence-electron chi connectivity index (χ0n) is 12.7. The second-order valence-corrected chi connectivity index (χ2v) is 6.44. The molecule has 0 heterocycles. The largest absolute Gasteiger partial charge is 0.481 e. The van der Waals surface area contributed by atoms with Crippen molar-refractivity contribution in [2.75, 3.05) is 13.1 Å². The fourth-order valence-corrected chi connectivity index (χ4v) is 3.13. The van der Waals surface area contributed by atoms with Gasteiger partial charge >= 0.3 is 5.97 Å². The van der Waals surface area contributed by atoms with E-state index < -0.39 is 5.97 Å². The van der Waals surface area contributed by atoms with Gasteiger partial charge in [0.25, 0.3) is 0 Å². The molecule has 20 heavy (non-hydrogen) atoms. The van der Waals surface area contributed by atoms with Gasteiger partial charge < -0.3 is 16.2 Å². The van der Waals surface area contributed by atoms with E-state index in [0.717, 1.165) is 32.1 Å². The molecule has 4 N–H and O–H groups in total. The van der Waals surface area contributed by atoms with Crippen LogP contribution in [0.25, 0.3) is 0 Å². The number of hydrogen-bond acceptors (Lipinski definition) is 3. The SMILES string of the molecule is CC(C)C(CN)C(=O)NCC1(CC(=O)O)CCCCC1. The van der Waals surface area contributed by atoms with Crippen molar-refractivity contribution in [1.29, 1.82) is 0 Å². The number of nitrogens with one attached hydrogen (secondary N) is 1. The molecule has 0 saturated heterocycles. The molecule has 1 amide bonds. The van der Waals surface area contributed by atoms with E-state index in [9.17, 15) is 9.59 Å². The topological polar surface area (TPSA) is 92.4 Å². The number of rotatable bonds is 7. The molecule has 0 aliphatic heterocycles. The highest BCUT2D eigenvalue weighted by Crippen LogP contribution is 2.38. The number of amides is 1. The Morgan fingerprint density at radius 1 is 1.25 bits per heavy atom. The number of carbonyl (C=O) groups excluding carboxylic acids is 1. The maximum atomic E-state index is 12.1. The summed E-state index contributed by atoms with van der Waals surface area (Å²) < 4.78 is 0. The maximum Gasteiger partial charge on any atom is 0.303 e. The molecule has 1 saturated carbocycles. The summed E-state index contributed by atoms with van der Waals surface area (Å²) in [5, 5.41) is 12.1. The van der Waals surface area contributed by atoms with Gasteiger partial charge in [-0.05, 0) is 24.2 Å². The molecular weight excluding hydrogens is 256 g/mol. The van der Waals surface area contributed by atoms with Gasteiger partial charge in [-0.3, -0.25) is 9.59 Å². The van der Waals surface area contributed by atoms with Crippen molar-refractivity contribution < 1.29 is 14.7 Å². The summed E-state index contributed by atoms with van der Waals surface area (Å²) in [6, 6.07) is 0. The van der Waals surface area contributed by atoms with Gasteiger partial charge in [-0.2, -0.15) is 0 Å². The van der Waals surface area contributed by atoms with Gasteiger partial charge in [0.1, 0.15) is 0 Å². The van der Waals surface area contributed by atoms with Crippen LogP contribution in [0.5, 0.6) is 0 Å².